The average molecular weight is 352 g/mol. The predicted molar refractivity (Wildman–Crippen MR) is 100 cm³/mol. The van der Waals surface area contributed by atoms with E-state index in [1.54, 1.807) is 4.90 Å². The van der Waals surface area contributed by atoms with Crippen LogP contribution in [0.4, 0.5) is 0 Å². The summed E-state index contributed by atoms with van der Waals surface area (Å²) in [6.45, 7) is 4.39. The van der Waals surface area contributed by atoms with Crippen LogP contribution >= 0.6 is 0 Å². The van der Waals surface area contributed by atoms with Crippen LogP contribution in [-0.2, 0) is 4.79 Å². The maximum atomic E-state index is 12.7. The molecule has 0 aromatic heterocycles. The molecule has 1 saturated heterocycles. The first kappa shape index (κ1) is 18.0. The van der Waals surface area contributed by atoms with E-state index in [2.05, 4.69) is 0 Å². The third-order valence-electron chi connectivity index (χ3n) is 4.51. The van der Waals surface area contributed by atoms with E-state index in [9.17, 15) is 9.59 Å². The Morgan fingerprint density at radius 3 is 2.42 bits per heavy atom. The molecular formula is C21H24N2O3. The summed E-state index contributed by atoms with van der Waals surface area (Å²) >= 11 is 0. The number of carbonyl (C=O) groups excluding carboxylic acids is 2. The van der Waals surface area contributed by atoms with Gasteiger partial charge in [-0.2, -0.15) is 0 Å². The van der Waals surface area contributed by atoms with Gasteiger partial charge in [-0.3, -0.25) is 9.59 Å². The largest absolute Gasteiger partial charge is 0.484 e. The highest BCUT2D eigenvalue weighted by Gasteiger charge is 2.23. The number of aryl methyl sites for hydroxylation is 1. The van der Waals surface area contributed by atoms with E-state index in [4.69, 9.17) is 4.74 Å². The third kappa shape index (κ3) is 4.63. The van der Waals surface area contributed by atoms with Crippen LogP contribution in [0.1, 0.15) is 22.3 Å². The van der Waals surface area contributed by atoms with Crippen LogP contribution in [0.2, 0.25) is 0 Å². The van der Waals surface area contributed by atoms with Crippen LogP contribution in [0, 0.1) is 6.92 Å². The summed E-state index contributed by atoms with van der Waals surface area (Å²) in [4.78, 5) is 28.7. The Kier molecular flexibility index (Phi) is 5.89. The second kappa shape index (κ2) is 8.52. The lowest BCUT2D eigenvalue weighted by molar-refractivity contribution is -0.133. The number of hydrogen-bond donors (Lipinski definition) is 0. The number of rotatable bonds is 4. The molecular weight excluding hydrogens is 328 g/mol. The number of carbonyl (C=O) groups is 2. The quantitative estimate of drug-likeness (QED) is 0.850. The molecule has 0 aliphatic carbocycles. The van der Waals surface area contributed by atoms with Crippen molar-refractivity contribution in [3.05, 3.63) is 65.7 Å². The monoisotopic (exact) mass is 352 g/mol. The van der Waals surface area contributed by atoms with Crippen molar-refractivity contribution in [2.24, 2.45) is 0 Å². The van der Waals surface area contributed by atoms with Gasteiger partial charge in [0.1, 0.15) is 5.75 Å². The lowest BCUT2D eigenvalue weighted by Crippen LogP contribution is -2.39. The number of benzene rings is 2. The number of nitrogens with zero attached hydrogens (tertiary/aromatic N) is 2. The lowest BCUT2D eigenvalue weighted by Gasteiger charge is -2.22. The second-order valence-electron chi connectivity index (χ2n) is 6.50. The molecule has 1 aliphatic heterocycles. The molecule has 2 amide bonds. The van der Waals surface area contributed by atoms with E-state index in [0.29, 0.717) is 37.5 Å². The summed E-state index contributed by atoms with van der Waals surface area (Å²) in [5, 5.41) is 0. The predicted octanol–water partition coefficient (Wildman–Crippen LogP) is 2.75. The van der Waals surface area contributed by atoms with Gasteiger partial charge in [-0.05, 0) is 37.6 Å². The van der Waals surface area contributed by atoms with Crippen molar-refractivity contribution < 1.29 is 14.3 Å². The van der Waals surface area contributed by atoms with E-state index in [0.717, 1.165) is 12.0 Å². The van der Waals surface area contributed by atoms with Crippen LogP contribution in [0.5, 0.6) is 5.75 Å². The van der Waals surface area contributed by atoms with Gasteiger partial charge in [-0.1, -0.05) is 35.9 Å². The molecule has 0 unspecified atom stereocenters. The molecule has 5 nitrogen and oxygen atoms in total. The molecule has 0 N–H and O–H groups in total. The Bertz CT molecular complexity index is 761. The van der Waals surface area contributed by atoms with Crippen LogP contribution in [0.15, 0.2) is 54.6 Å². The molecule has 5 heteroatoms. The van der Waals surface area contributed by atoms with Gasteiger partial charge in [-0.15, -0.1) is 0 Å². The zero-order chi connectivity index (χ0) is 18.4. The first-order chi connectivity index (χ1) is 12.6. The van der Waals surface area contributed by atoms with Gasteiger partial charge < -0.3 is 14.5 Å². The summed E-state index contributed by atoms with van der Waals surface area (Å²) in [6.07, 6.45) is 0.772. The Morgan fingerprint density at radius 1 is 0.923 bits per heavy atom. The Labute approximate surface area is 154 Å². The van der Waals surface area contributed by atoms with Crippen molar-refractivity contribution in [3.8, 4) is 5.75 Å². The van der Waals surface area contributed by atoms with E-state index in [1.807, 2.05) is 66.4 Å². The van der Waals surface area contributed by atoms with Crippen LogP contribution in [0.3, 0.4) is 0 Å². The van der Waals surface area contributed by atoms with Gasteiger partial charge in [0.05, 0.1) is 0 Å². The summed E-state index contributed by atoms with van der Waals surface area (Å²) < 4.78 is 5.55. The Balaban J connectivity index is 1.54. The van der Waals surface area contributed by atoms with Crippen molar-refractivity contribution in [2.45, 2.75) is 13.3 Å². The fourth-order valence-corrected chi connectivity index (χ4v) is 3.08. The molecule has 2 aromatic carbocycles. The molecule has 1 aliphatic rings. The zero-order valence-corrected chi connectivity index (χ0v) is 15.1. The molecule has 0 radical (unpaired) electrons. The highest BCUT2D eigenvalue weighted by Crippen LogP contribution is 2.12. The van der Waals surface area contributed by atoms with Gasteiger partial charge in [-0.25, -0.2) is 0 Å². The smallest absolute Gasteiger partial charge is 0.260 e. The van der Waals surface area contributed by atoms with Gasteiger partial charge in [0.15, 0.2) is 6.61 Å². The maximum absolute atomic E-state index is 12.7. The first-order valence-corrected chi connectivity index (χ1v) is 8.95. The molecule has 26 heavy (non-hydrogen) atoms. The molecule has 1 fully saturated rings. The minimum Gasteiger partial charge on any atom is -0.484 e. The van der Waals surface area contributed by atoms with Gasteiger partial charge in [0, 0.05) is 31.7 Å². The minimum absolute atomic E-state index is 0.0237. The Hall–Kier alpha value is -2.82. The summed E-state index contributed by atoms with van der Waals surface area (Å²) in [7, 11) is 0. The van der Waals surface area contributed by atoms with E-state index in [1.165, 1.54) is 0 Å². The standard InChI is InChI=1S/C21H24N2O3/c1-17-7-5-8-18(15-17)21(25)23-12-6-11-22(13-14-23)20(24)16-26-19-9-3-2-4-10-19/h2-5,7-10,15H,6,11-14,16H2,1H3. The summed E-state index contributed by atoms with van der Waals surface area (Å²) in [6, 6.07) is 16.9. The van der Waals surface area contributed by atoms with Crippen molar-refractivity contribution in [2.75, 3.05) is 32.8 Å². The molecule has 0 atom stereocenters. The van der Waals surface area contributed by atoms with Crippen molar-refractivity contribution in [1.29, 1.82) is 0 Å². The number of ether oxygens (including phenoxy) is 1. The lowest BCUT2D eigenvalue weighted by atomic mass is 10.1. The fourth-order valence-electron chi connectivity index (χ4n) is 3.08. The van der Waals surface area contributed by atoms with Gasteiger partial charge >= 0.3 is 0 Å². The molecule has 0 bridgehead atoms. The van der Waals surface area contributed by atoms with Gasteiger partial charge in [0.25, 0.3) is 11.8 Å². The van der Waals surface area contributed by atoms with E-state index >= 15 is 0 Å². The summed E-state index contributed by atoms with van der Waals surface area (Å²) in [5.41, 5.74) is 1.78. The highest BCUT2D eigenvalue weighted by atomic mass is 16.5. The maximum Gasteiger partial charge on any atom is 0.260 e. The molecule has 0 spiro atoms. The SMILES string of the molecule is Cc1cccc(C(=O)N2CCCN(C(=O)COc3ccccc3)CC2)c1. The molecule has 136 valence electrons. The van der Waals surface area contributed by atoms with Gasteiger partial charge in [0.2, 0.25) is 0 Å². The van der Waals surface area contributed by atoms with Crippen molar-refractivity contribution >= 4 is 11.8 Å². The Morgan fingerprint density at radius 2 is 1.65 bits per heavy atom. The molecule has 3 rings (SSSR count). The number of hydrogen-bond acceptors (Lipinski definition) is 3. The van der Waals surface area contributed by atoms with E-state index < -0.39 is 0 Å². The highest BCUT2D eigenvalue weighted by molar-refractivity contribution is 5.94. The van der Waals surface area contributed by atoms with E-state index in [-0.39, 0.29) is 18.4 Å². The second-order valence-corrected chi connectivity index (χ2v) is 6.50. The van der Waals surface area contributed by atoms with Crippen molar-refractivity contribution in [1.82, 2.24) is 9.80 Å². The number of amides is 2. The molecule has 2 aromatic rings. The topological polar surface area (TPSA) is 49.9 Å². The van der Waals surface area contributed by atoms with Crippen LogP contribution in [0.25, 0.3) is 0 Å². The third-order valence-corrected chi connectivity index (χ3v) is 4.51. The normalized spacial score (nSPS) is 14.7. The average Bonchev–Trinajstić information content (AvgIpc) is 2.92. The fraction of sp³-hybridized carbons (Fsp3) is 0.333. The van der Waals surface area contributed by atoms with Crippen LogP contribution in [-0.4, -0.2) is 54.4 Å². The number of para-hydroxylation sites is 1. The molecule has 1 heterocycles. The first-order valence-electron chi connectivity index (χ1n) is 8.95. The van der Waals surface area contributed by atoms with Crippen molar-refractivity contribution in [3.63, 3.8) is 0 Å². The van der Waals surface area contributed by atoms with Crippen LogP contribution < -0.4 is 4.74 Å². The zero-order valence-electron chi connectivity index (χ0n) is 15.1. The minimum atomic E-state index is -0.0429. The summed E-state index contributed by atoms with van der Waals surface area (Å²) in [5.74, 6) is 0.675. The molecule has 0 saturated carbocycles.